The van der Waals surface area contributed by atoms with Crippen LogP contribution < -0.4 is 10.5 Å². The summed E-state index contributed by atoms with van der Waals surface area (Å²) in [4.78, 5) is 16.2. The molecule has 6 nitrogen and oxygen atoms in total. The van der Waals surface area contributed by atoms with Crippen LogP contribution in [0.5, 0.6) is 5.75 Å². The van der Waals surface area contributed by atoms with Crippen molar-refractivity contribution >= 4 is 5.97 Å². The largest absolute Gasteiger partial charge is 0.573 e. The topological polar surface area (TPSA) is 85.0 Å². The number of halogens is 3. The molecule has 1 aromatic carbocycles. The fourth-order valence-corrected chi connectivity index (χ4v) is 2.07. The number of hydrogen-bond acceptors (Lipinski definition) is 5. The molecule has 1 heterocycles. The van der Waals surface area contributed by atoms with Gasteiger partial charge in [0.2, 0.25) is 5.88 Å². The number of para-hydroxylation sites is 1. The molecule has 21 heavy (non-hydrogen) atoms. The Morgan fingerprint density at radius 1 is 1.43 bits per heavy atom. The maximum Gasteiger partial charge on any atom is 0.573 e. The Morgan fingerprint density at radius 2 is 2.05 bits per heavy atom. The van der Waals surface area contributed by atoms with Crippen molar-refractivity contribution in [2.45, 2.75) is 12.4 Å². The lowest BCUT2D eigenvalue weighted by molar-refractivity contribution is -0.275. The fourth-order valence-electron chi connectivity index (χ4n) is 2.07. The predicted octanol–water partition coefficient (Wildman–Crippen LogP) is 1.76. The molecule has 0 bridgehead atoms. The lowest BCUT2D eigenvalue weighted by Crippen LogP contribution is -2.24. The average molecular weight is 304 g/mol. The molecule has 9 heteroatoms. The van der Waals surface area contributed by atoms with E-state index in [1.807, 2.05) is 0 Å². The van der Waals surface area contributed by atoms with E-state index in [0.29, 0.717) is 0 Å². The molecule has 1 aromatic rings. The van der Waals surface area contributed by atoms with E-state index in [0.717, 1.165) is 11.1 Å². The summed E-state index contributed by atoms with van der Waals surface area (Å²) >= 11 is 0. The lowest BCUT2D eigenvalue weighted by Gasteiger charge is -2.22. The van der Waals surface area contributed by atoms with Gasteiger partial charge < -0.3 is 20.4 Å². The van der Waals surface area contributed by atoms with Gasteiger partial charge in [-0.25, -0.2) is 4.79 Å². The molecule has 114 valence electrons. The Bertz CT molecular complexity index is 600. The Hall–Kier alpha value is -2.42. The van der Waals surface area contributed by atoms with Crippen LogP contribution in [0.2, 0.25) is 0 Å². The van der Waals surface area contributed by atoms with Crippen LogP contribution in [-0.4, -0.2) is 29.5 Å². The highest BCUT2D eigenvalue weighted by Gasteiger charge is 2.40. The van der Waals surface area contributed by atoms with Crippen molar-refractivity contribution in [3.05, 3.63) is 41.3 Å². The molecule has 0 aliphatic carbocycles. The zero-order chi connectivity index (χ0) is 15.8. The van der Waals surface area contributed by atoms with Crippen LogP contribution in [0.15, 0.2) is 35.7 Å². The van der Waals surface area contributed by atoms with E-state index in [-0.39, 0.29) is 17.0 Å². The molecular weight excluding hydrogens is 293 g/mol. The molecule has 0 aromatic heterocycles. The first-order valence-electron chi connectivity index (χ1n) is 5.69. The number of hydroxylamine groups is 2. The second-order valence-electron chi connectivity index (χ2n) is 4.21. The minimum atomic E-state index is -4.90. The molecule has 0 saturated heterocycles. The molecule has 0 radical (unpaired) electrons. The van der Waals surface area contributed by atoms with Crippen LogP contribution in [0.25, 0.3) is 0 Å². The first-order valence-corrected chi connectivity index (χ1v) is 5.69. The third-order valence-electron chi connectivity index (χ3n) is 2.81. The van der Waals surface area contributed by atoms with Gasteiger partial charge >= 0.3 is 12.3 Å². The number of aliphatic carboxylic acids is 1. The standard InChI is InChI=1S/C12H11F3N2O4/c1-17-9(8(11(18)19)10(16)21-17)6-4-2-3-5-7(6)20-12(13,14)15/h2-5,9H,16H2,1H3,(H,18,19). The Balaban J connectivity index is 2.48. The number of ether oxygens (including phenoxy) is 1. The highest BCUT2D eigenvalue weighted by molar-refractivity contribution is 5.89. The molecule has 1 aliphatic rings. The summed E-state index contributed by atoms with van der Waals surface area (Å²) in [6, 6.07) is 4.09. The Morgan fingerprint density at radius 3 is 2.62 bits per heavy atom. The van der Waals surface area contributed by atoms with Crippen LogP contribution in [0, 0.1) is 0 Å². The zero-order valence-electron chi connectivity index (χ0n) is 10.7. The third kappa shape index (κ3) is 3.02. The van der Waals surface area contributed by atoms with Crippen molar-refractivity contribution in [2.24, 2.45) is 5.73 Å². The third-order valence-corrected chi connectivity index (χ3v) is 2.81. The molecule has 1 unspecified atom stereocenters. The van der Waals surface area contributed by atoms with E-state index in [1.165, 1.54) is 25.2 Å². The van der Waals surface area contributed by atoms with Crippen molar-refractivity contribution in [2.75, 3.05) is 7.05 Å². The van der Waals surface area contributed by atoms with Crippen LogP contribution in [0.4, 0.5) is 13.2 Å². The van der Waals surface area contributed by atoms with Crippen molar-refractivity contribution in [1.29, 1.82) is 0 Å². The second kappa shape index (κ2) is 5.17. The molecule has 3 N–H and O–H groups in total. The maximum atomic E-state index is 12.4. The number of nitrogens with two attached hydrogens (primary N) is 1. The van der Waals surface area contributed by atoms with Gasteiger partial charge in [-0.05, 0) is 6.07 Å². The van der Waals surface area contributed by atoms with Gasteiger partial charge in [0.05, 0.1) is 0 Å². The monoisotopic (exact) mass is 304 g/mol. The number of nitrogens with zero attached hydrogens (tertiary/aromatic N) is 1. The molecule has 0 spiro atoms. The van der Waals surface area contributed by atoms with Crippen molar-refractivity contribution < 1.29 is 32.6 Å². The van der Waals surface area contributed by atoms with Gasteiger partial charge in [0.15, 0.2) is 0 Å². The van der Waals surface area contributed by atoms with Crippen LogP contribution in [0.1, 0.15) is 11.6 Å². The van der Waals surface area contributed by atoms with Crippen molar-refractivity contribution in [3.63, 3.8) is 0 Å². The van der Waals surface area contributed by atoms with E-state index >= 15 is 0 Å². The molecule has 0 saturated carbocycles. The van der Waals surface area contributed by atoms with Crippen LogP contribution in [-0.2, 0) is 9.63 Å². The fraction of sp³-hybridized carbons (Fsp3) is 0.250. The van der Waals surface area contributed by atoms with Crippen molar-refractivity contribution in [3.8, 4) is 5.75 Å². The van der Waals surface area contributed by atoms with Crippen LogP contribution >= 0.6 is 0 Å². The first kappa shape index (κ1) is 15.0. The number of benzene rings is 1. The summed E-state index contributed by atoms with van der Waals surface area (Å²) in [5.41, 5.74) is 5.08. The Labute approximate surface area is 117 Å². The van der Waals surface area contributed by atoms with E-state index < -0.39 is 24.1 Å². The summed E-state index contributed by atoms with van der Waals surface area (Å²) in [6.07, 6.45) is -4.90. The van der Waals surface area contributed by atoms with Crippen molar-refractivity contribution in [1.82, 2.24) is 5.06 Å². The summed E-state index contributed by atoms with van der Waals surface area (Å²) in [5, 5.41) is 10.2. The van der Waals surface area contributed by atoms with E-state index in [4.69, 9.17) is 15.7 Å². The average Bonchev–Trinajstić information content (AvgIpc) is 2.63. The minimum Gasteiger partial charge on any atom is -0.478 e. The summed E-state index contributed by atoms with van der Waals surface area (Å²) < 4.78 is 41.2. The van der Waals surface area contributed by atoms with Gasteiger partial charge in [0.25, 0.3) is 0 Å². The van der Waals surface area contributed by atoms with Crippen LogP contribution in [0.3, 0.4) is 0 Å². The first-order chi connectivity index (χ1) is 9.70. The molecule has 0 fully saturated rings. The predicted molar refractivity (Wildman–Crippen MR) is 63.6 cm³/mol. The number of alkyl halides is 3. The van der Waals surface area contributed by atoms with Gasteiger partial charge in [-0.15, -0.1) is 18.2 Å². The Kier molecular flexibility index (Phi) is 3.69. The second-order valence-corrected chi connectivity index (χ2v) is 4.21. The molecule has 2 rings (SSSR count). The van der Waals surface area contributed by atoms with Gasteiger partial charge in [-0.1, -0.05) is 18.2 Å². The normalized spacial score (nSPS) is 19.5. The van der Waals surface area contributed by atoms with Gasteiger partial charge in [-0.3, -0.25) is 0 Å². The smallest absolute Gasteiger partial charge is 0.478 e. The molecule has 1 atom stereocenters. The van der Waals surface area contributed by atoms with E-state index in [1.54, 1.807) is 0 Å². The van der Waals surface area contributed by atoms with E-state index in [9.17, 15) is 18.0 Å². The zero-order valence-corrected chi connectivity index (χ0v) is 10.7. The maximum absolute atomic E-state index is 12.4. The van der Waals surface area contributed by atoms with E-state index in [2.05, 4.69) is 4.74 Å². The lowest BCUT2D eigenvalue weighted by atomic mass is 9.98. The summed E-state index contributed by atoms with van der Waals surface area (Å²) in [7, 11) is 1.36. The number of carboxylic acid groups (broad SMARTS) is 1. The summed E-state index contributed by atoms with van der Waals surface area (Å²) in [5.74, 6) is -2.28. The van der Waals surface area contributed by atoms with Gasteiger partial charge in [0, 0.05) is 12.6 Å². The number of rotatable bonds is 3. The number of likely N-dealkylation sites (N-methyl/N-ethyl adjacent to an activating group) is 1. The molecular formula is C12H11F3N2O4. The summed E-state index contributed by atoms with van der Waals surface area (Å²) in [6.45, 7) is 0. The number of carbonyl (C=O) groups is 1. The SMILES string of the molecule is CN1OC(N)=C(C(=O)O)C1c1ccccc1OC(F)(F)F. The highest BCUT2D eigenvalue weighted by atomic mass is 19.4. The molecule has 1 aliphatic heterocycles. The minimum absolute atomic E-state index is 0.0184. The quantitative estimate of drug-likeness (QED) is 0.885. The highest BCUT2D eigenvalue weighted by Crippen LogP contribution is 2.40. The number of hydrogen-bond donors (Lipinski definition) is 2. The number of carboxylic acids is 1. The molecule has 0 amide bonds. The van der Waals surface area contributed by atoms with Gasteiger partial charge in [0.1, 0.15) is 17.4 Å². The van der Waals surface area contributed by atoms with Gasteiger partial charge in [-0.2, -0.15) is 0 Å².